The molecule has 3 rings (SSSR count). The first-order valence-electron chi connectivity index (χ1n) is 6.80. The van der Waals surface area contributed by atoms with Crippen molar-refractivity contribution in [3.8, 4) is 22.8 Å². The minimum atomic E-state index is -0.571. The Morgan fingerprint density at radius 2 is 1.64 bits per heavy atom. The van der Waals surface area contributed by atoms with Gasteiger partial charge in [-0.3, -0.25) is 4.79 Å². The number of hydrogen-bond donors (Lipinski definition) is 1. The lowest BCUT2D eigenvalue weighted by Gasteiger charge is -2.06. The third kappa shape index (κ3) is 2.33. The Bertz CT molecular complexity index is 796. The van der Waals surface area contributed by atoms with Crippen LogP contribution >= 0.6 is 0 Å². The molecule has 1 heterocycles. The molecule has 0 atom stereocenters. The van der Waals surface area contributed by atoms with Gasteiger partial charge in [-0.25, -0.2) is 0 Å². The van der Waals surface area contributed by atoms with Crippen LogP contribution in [-0.2, 0) is 0 Å². The van der Waals surface area contributed by atoms with E-state index in [9.17, 15) is 4.79 Å². The Kier molecular flexibility index (Phi) is 3.62. The third-order valence-corrected chi connectivity index (χ3v) is 3.33. The molecule has 5 heteroatoms. The van der Waals surface area contributed by atoms with Crippen LogP contribution in [-0.4, -0.2) is 22.8 Å². The summed E-state index contributed by atoms with van der Waals surface area (Å²) in [6, 6.07) is 18.9. The van der Waals surface area contributed by atoms with Crippen LogP contribution in [0.3, 0.4) is 0 Å². The molecule has 3 aromatic rings. The number of benzene rings is 2. The van der Waals surface area contributed by atoms with Crippen molar-refractivity contribution in [2.45, 2.75) is 0 Å². The van der Waals surface area contributed by atoms with E-state index in [2.05, 4.69) is 5.10 Å². The number of hydrogen-bond acceptors (Lipinski definition) is 3. The van der Waals surface area contributed by atoms with Crippen molar-refractivity contribution in [2.24, 2.45) is 5.73 Å². The van der Waals surface area contributed by atoms with Crippen molar-refractivity contribution < 1.29 is 9.53 Å². The average molecular weight is 293 g/mol. The van der Waals surface area contributed by atoms with Crippen LogP contribution < -0.4 is 10.5 Å². The Morgan fingerprint density at radius 1 is 1.05 bits per heavy atom. The molecule has 0 saturated carbocycles. The molecule has 5 nitrogen and oxygen atoms in total. The minimum absolute atomic E-state index is 0.276. The zero-order chi connectivity index (χ0) is 15.5. The fraction of sp³-hybridized carbons (Fsp3) is 0.0588. The number of methoxy groups -OCH3 is 1. The van der Waals surface area contributed by atoms with Gasteiger partial charge in [0.2, 0.25) is 5.88 Å². The Balaban J connectivity index is 2.27. The number of ether oxygens (including phenoxy) is 1. The Hall–Kier alpha value is -3.08. The molecule has 110 valence electrons. The predicted molar refractivity (Wildman–Crippen MR) is 84.1 cm³/mol. The van der Waals surface area contributed by atoms with E-state index in [4.69, 9.17) is 10.5 Å². The predicted octanol–water partition coefficient (Wildman–Crippen LogP) is 2.65. The van der Waals surface area contributed by atoms with Gasteiger partial charge in [-0.15, -0.1) is 0 Å². The molecule has 0 aliphatic heterocycles. The van der Waals surface area contributed by atoms with E-state index < -0.39 is 5.91 Å². The van der Waals surface area contributed by atoms with Crippen LogP contribution in [0.15, 0.2) is 60.7 Å². The normalized spacial score (nSPS) is 10.4. The van der Waals surface area contributed by atoms with Crippen LogP contribution in [0.25, 0.3) is 16.9 Å². The molecule has 0 fully saturated rings. The van der Waals surface area contributed by atoms with Crippen LogP contribution in [0.1, 0.15) is 10.4 Å². The van der Waals surface area contributed by atoms with Gasteiger partial charge in [0.1, 0.15) is 11.3 Å². The fourth-order valence-corrected chi connectivity index (χ4v) is 2.36. The zero-order valence-electron chi connectivity index (χ0n) is 12.1. The van der Waals surface area contributed by atoms with E-state index in [0.717, 1.165) is 11.3 Å². The second kappa shape index (κ2) is 5.73. The highest BCUT2D eigenvalue weighted by Crippen LogP contribution is 2.32. The van der Waals surface area contributed by atoms with Crippen LogP contribution in [0.2, 0.25) is 0 Å². The van der Waals surface area contributed by atoms with E-state index >= 15 is 0 Å². The summed E-state index contributed by atoms with van der Waals surface area (Å²) >= 11 is 0. The van der Waals surface area contributed by atoms with Gasteiger partial charge in [0.05, 0.1) is 12.8 Å². The molecule has 22 heavy (non-hydrogen) atoms. The van der Waals surface area contributed by atoms with Crippen molar-refractivity contribution in [2.75, 3.05) is 7.11 Å². The molecular weight excluding hydrogens is 278 g/mol. The summed E-state index contributed by atoms with van der Waals surface area (Å²) in [5.41, 5.74) is 7.94. The Morgan fingerprint density at radius 3 is 2.18 bits per heavy atom. The van der Waals surface area contributed by atoms with Crippen LogP contribution in [0.5, 0.6) is 5.88 Å². The molecule has 0 unspecified atom stereocenters. The van der Waals surface area contributed by atoms with Gasteiger partial charge in [-0.05, 0) is 12.1 Å². The van der Waals surface area contributed by atoms with Gasteiger partial charge in [0, 0.05) is 5.56 Å². The lowest BCUT2D eigenvalue weighted by Crippen LogP contribution is -2.13. The zero-order valence-corrected chi connectivity index (χ0v) is 12.1. The molecule has 2 aromatic carbocycles. The quantitative estimate of drug-likeness (QED) is 0.804. The van der Waals surface area contributed by atoms with E-state index in [1.54, 1.807) is 4.68 Å². The van der Waals surface area contributed by atoms with Gasteiger partial charge in [0.15, 0.2) is 0 Å². The smallest absolute Gasteiger partial charge is 0.256 e. The summed E-state index contributed by atoms with van der Waals surface area (Å²) in [6.45, 7) is 0. The first-order chi connectivity index (χ1) is 10.7. The number of nitrogens with two attached hydrogens (primary N) is 1. The first-order valence-corrected chi connectivity index (χ1v) is 6.80. The van der Waals surface area contributed by atoms with Crippen molar-refractivity contribution >= 4 is 5.91 Å². The molecule has 0 aliphatic carbocycles. The van der Waals surface area contributed by atoms with E-state index in [-0.39, 0.29) is 5.56 Å². The topological polar surface area (TPSA) is 70.1 Å². The maximum absolute atomic E-state index is 11.9. The largest absolute Gasteiger partial charge is 0.480 e. The highest BCUT2D eigenvalue weighted by molar-refractivity contribution is 6.01. The number of amides is 1. The second-order valence-electron chi connectivity index (χ2n) is 4.71. The number of rotatable bonds is 4. The summed E-state index contributed by atoms with van der Waals surface area (Å²) in [7, 11) is 1.50. The molecule has 0 saturated heterocycles. The SMILES string of the molecule is COc1c(C(N)=O)c(-c2ccccc2)nn1-c1ccccc1. The molecular formula is C17H15N3O2. The molecule has 0 spiro atoms. The van der Waals surface area contributed by atoms with Gasteiger partial charge in [-0.1, -0.05) is 48.5 Å². The lowest BCUT2D eigenvalue weighted by molar-refractivity contribution is 0.0998. The number of para-hydroxylation sites is 1. The third-order valence-electron chi connectivity index (χ3n) is 3.33. The van der Waals surface area contributed by atoms with Gasteiger partial charge < -0.3 is 10.5 Å². The summed E-state index contributed by atoms with van der Waals surface area (Å²) in [5.74, 6) is -0.240. The molecule has 0 aliphatic rings. The van der Waals surface area contributed by atoms with E-state index in [1.807, 2.05) is 60.7 Å². The molecule has 1 aromatic heterocycles. The summed E-state index contributed by atoms with van der Waals surface area (Å²) in [5, 5.41) is 4.53. The maximum atomic E-state index is 11.9. The second-order valence-corrected chi connectivity index (χ2v) is 4.71. The Labute approximate surface area is 127 Å². The standard InChI is InChI=1S/C17H15N3O2/c1-22-17-14(16(18)21)15(12-8-4-2-5-9-12)19-20(17)13-10-6-3-7-11-13/h2-11H,1H3,(H2,18,21). The highest BCUT2D eigenvalue weighted by Gasteiger charge is 2.24. The average Bonchev–Trinajstić information content (AvgIpc) is 2.96. The van der Waals surface area contributed by atoms with Gasteiger partial charge >= 0.3 is 0 Å². The summed E-state index contributed by atoms with van der Waals surface area (Å²) < 4.78 is 6.98. The molecule has 1 amide bonds. The number of nitrogens with zero attached hydrogens (tertiary/aromatic N) is 2. The molecule has 0 radical (unpaired) electrons. The van der Waals surface area contributed by atoms with Crippen molar-refractivity contribution in [3.05, 3.63) is 66.2 Å². The molecule has 0 bridgehead atoms. The number of carbonyl (C=O) groups is 1. The minimum Gasteiger partial charge on any atom is -0.480 e. The number of carbonyl (C=O) groups excluding carboxylic acids is 1. The van der Waals surface area contributed by atoms with Crippen molar-refractivity contribution in [1.82, 2.24) is 9.78 Å². The van der Waals surface area contributed by atoms with E-state index in [0.29, 0.717) is 11.6 Å². The molecule has 2 N–H and O–H groups in total. The number of primary amides is 1. The van der Waals surface area contributed by atoms with Crippen molar-refractivity contribution in [3.63, 3.8) is 0 Å². The van der Waals surface area contributed by atoms with Gasteiger partial charge in [0.25, 0.3) is 5.91 Å². The first kappa shape index (κ1) is 13.9. The lowest BCUT2D eigenvalue weighted by atomic mass is 10.1. The summed E-state index contributed by atoms with van der Waals surface area (Å²) in [4.78, 5) is 11.9. The maximum Gasteiger partial charge on any atom is 0.256 e. The number of aromatic nitrogens is 2. The highest BCUT2D eigenvalue weighted by atomic mass is 16.5. The van der Waals surface area contributed by atoms with Crippen LogP contribution in [0, 0.1) is 0 Å². The summed E-state index contributed by atoms with van der Waals surface area (Å²) in [6.07, 6.45) is 0. The van der Waals surface area contributed by atoms with Crippen molar-refractivity contribution in [1.29, 1.82) is 0 Å². The van der Waals surface area contributed by atoms with Gasteiger partial charge in [-0.2, -0.15) is 9.78 Å². The monoisotopic (exact) mass is 293 g/mol. The fourth-order valence-electron chi connectivity index (χ4n) is 2.36. The van der Waals surface area contributed by atoms with Crippen LogP contribution in [0.4, 0.5) is 0 Å². The van der Waals surface area contributed by atoms with E-state index in [1.165, 1.54) is 7.11 Å².